The molecule has 0 N–H and O–H groups in total. The van der Waals surface area contributed by atoms with E-state index in [9.17, 15) is 22.4 Å². The second-order valence-corrected chi connectivity index (χ2v) is 7.64. The maximum Gasteiger partial charge on any atom is 0.343 e. The average Bonchev–Trinajstić information content (AvgIpc) is 2.88. The molecule has 0 aromatic heterocycles. The zero-order valence-corrected chi connectivity index (χ0v) is 19.8. The van der Waals surface area contributed by atoms with Crippen molar-refractivity contribution in [3.63, 3.8) is 0 Å². The fourth-order valence-corrected chi connectivity index (χ4v) is 3.14. The fourth-order valence-electron chi connectivity index (χ4n) is 3.14. The minimum absolute atomic E-state index is 0.0705. The highest BCUT2D eigenvalue weighted by Crippen LogP contribution is 2.30. The number of hydrogen-bond acceptors (Lipinski definition) is 4. The number of halogens is 4. The number of carbonyl (C=O) groups excluding carboxylic acids is 1. The molecule has 0 bridgehead atoms. The summed E-state index contributed by atoms with van der Waals surface area (Å²) in [5, 5.41) is 0. The van der Waals surface area contributed by atoms with Gasteiger partial charge in [-0.15, -0.1) is 0 Å². The van der Waals surface area contributed by atoms with Crippen LogP contribution in [0.5, 0.6) is 17.2 Å². The van der Waals surface area contributed by atoms with Crippen LogP contribution in [0.4, 0.5) is 17.6 Å². The minimum Gasteiger partial charge on any atom is -0.494 e. The second kappa shape index (κ2) is 12.6. The first-order valence-corrected chi connectivity index (χ1v) is 11.4. The SMILES string of the molecule is CCCCCOc1c(F)c(F)c(C#Cc2ccc(C(=O)Oc3ccc(OCC)cc3)cc2)c(F)c1F. The van der Waals surface area contributed by atoms with Crippen LogP contribution in [-0.2, 0) is 0 Å². The van der Waals surface area contributed by atoms with E-state index in [0.29, 0.717) is 24.5 Å². The number of esters is 1. The summed E-state index contributed by atoms with van der Waals surface area (Å²) in [4.78, 5) is 12.3. The molecule has 0 saturated heterocycles. The molecule has 0 aliphatic carbocycles. The molecule has 0 aliphatic heterocycles. The van der Waals surface area contributed by atoms with Gasteiger partial charge >= 0.3 is 5.97 Å². The van der Waals surface area contributed by atoms with Gasteiger partial charge in [0.2, 0.25) is 11.6 Å². The lowest BCUT2D eigenvalue weighted by Crippen LogP contribution is -2.08. The molecule has 0 amide bonds. The van der Waals surface area contributed by atoms with Crippen LogP contribution >= 0.6 is 0 Å². The zero-order chi connectivity index (χ0) is 26.1. The summed E-state index contributed by atoms with van der Waals surface area (Å²) >= 11 is 0. The standard InChI is InChI=1S/C28H24F4O4/c1-3-5-6-17-35-27-25(31)23(29)22(24(30)26(27)32)16-9-18-7-10-19(11-8-18)28(33)36-21-14-12-20(13-15-21)34-4-2/h7-8,10-15H,3-6,17H2,1-2H3. The zero-order valence-electron chi connectivity index (χ0n) is 19.8. The monoisotopic (exact) mass is 500 g/mol. The van der Waals surface area contributed by atoms with Crippen molar-refractivity contribution in [1.82, 2.24) is 0 Å². The Morgan fingerprint density at radius 1 is 0.750 bits per heavy atom. The molecule has 188 valence electrons. The van der Waals surface area contributed by atoms with E-state index in [2.05, 4.69) is 11.8 Å². The third-order valence-corrected chi connectivity index (χ3v) is 5.02. The first kappa shape index (κ1) is 26.6. The highest BCUT2D eigenvalue weighted by atomic mass is 19.2. The summed E-state index contributed by atoms with van der Waals surface area (Å²) in [6.07, 6.45) is 2.08. The van der Waals surface area contributed by atoms with Gasteiger partial charge in [-0.25, -0.2) is 13.6 Å². The van der Waals surface area contributed by atoms with Crippen LogP contribution < -0.4 is 14.2 Å². The largest absolute Gasteiger partial charge is 0.494 e. The predicted molar refractivity (Wildman–Crippen MR) is 126 cm³/mol. The average molecular weight is 500 g/mol. The molecule has 0 heterocycles. The summed E-state index contributed by atoms with van der Waals surface area (Å²) in [6, 6.07) is 12.1. The lowest BCUT2D eigenvalue weighted by Gasteiger charge is -2.10. The van der Waals surface area contributed by atoms with Crippen LogP contribution in [0.3, 0.4) is 0 Å². The summed E-state index contributed by atoms with van der Waals surface area (Å²) in [6.45, 7) is 4.22. The molecule has 0 aliphatic rings. The quantitative estimate of drug-likeness (QED) is 0.0807. The van der Waals surface area contributed by atoms with Crippen molar-refractivity contribution < 1.29 is 36.6 Å². The molecule has 0 saturated carbocycles. The van der Waals surface area contributed by atoms with E-state index in [-0.39, 0.29) is 17.7 Å². The highest BCUT2D eigenvalue weighted by Gasteiger charge is 2.26. The van der Waals surface area contributed by atoms with Gasteiger partial charge in [0.15, 0.2) is 17.4 Å². The summed E-state index contributed by atoms with van der Waals surface area (Å²) < 4.78 is 72.9. The van der Waals surface area contributed by atoms with Crippen molar-refractivity contribution in [3.05, 3.63) is 88.5 Å². The molecule has 0 spiro atoms. The van der Waals surface area contributed by atoms with Crippen molar-refractivity contribution in [1.29, 1.82) is 0 Å². The van der Waals surface area contributed by atoms with Crippen molar-refractivity contribution >= 4 is 5.97 Å². The number of rotatable bonds is 9. The molecule has 0 unspecified atom stereocenters. The van der Waals surface area contributed by atoms with Gasteiger partial charge in [-0.3, -0.25) is 0 Å². The van der Waals surface area contributed by atoms with Gasteiger partial charge in [0.05, 0.1) is 18.8 Å². The van der Waals surface area contributed by atoms with Gasteiger partial charge in [-0.05, 0) is 61.9 Å². The molecule has 8 heteroatoms. The predicted octanol–water partition coefficient (Wildman–Crippen LogP) is 6.83. The maximum absolute atomic E-state index is 14.4. The smallest absolute Gasteiger partial charge is 0.343 e. The molecule has 3 aromatic carbocycles. The third-order valence-electron chi connectivity index (χ3n) is 5.02. The Morgan fingerprint density at radius 2 is 1.36 bits per heavy atom. The van der Waals surface area contributed by atoms with Crippen LogP contribution in [0, 0.1) is 35.1 Å². The molecular formula is C28H24F4O4. The van der Waals surface area contributed by atoms with Crippen LogP contribution in [0.15, 0.2) is 48.5 Å². The van der Waals surface area contributed by atoms with E-state index in [1.54, 1.807) is 24.3 Å². The Hall–Kier alpha value is -3.99. The van der Waals surface area contributed by atoms with Crippen molar-refractivity contribution in [3.8, 4) is 29.1 Å². The number of hydrogen-bond donors (Lipinski definition) is 0. The van der Waals surface area contributed by atoms with Crippen molar-refractivity contribution in [2.24, 2.45) is 0 Å². The summed E-state index contributed by atoms with van der Waals surface area (Å²) in [5.74, 6) is -2.75. The fraction of sp³-hybridized carbons (Fsp3) is 0.250. The van der Waals surface area contributed by atoms with Gasteiger partial charge < -0.3 is 14.2 Å². The van der Waals surface area contributed by atoms with E-state index in [0.717, 1.165) is 12.8 Å². The van der Waals surface area contributed by atoms with Gasteiger partial charge in [-0.2, -0.15) is 8.78 Å². The third kappa shape index (κ3) is 6.57. The van der Waals surface area contributed by atoms with E-state index in [4.69, 9.17) is 14.2 Å². The Morgan fingerprint density at radius 3 is 1.94 bits per heavy atom. The number of benzene rings is 3. The number of ether oxygens (including phenoxy) is 3. The first-order valence-electron chi connectivity index (χ1n) is 11.4. The Labute approximate surface area is 206 Å². The normalized spacial score (nSPS) is 10.4. The second-order valence-electron chi connectivity index (χ2n) is 7.64. The molecule has 3 rings (SSSR count). The van der Waals surface area contributed by atoms with Crippen LogP contribution in [0.25, 0.3) is 0 Å². The Balaban J connectivity index is 1.72. The van der Waals surface area contributed by atoms with Gasteiger partial charge in [-0.1, -0.05) is 31.6 Å². The number of unbranched alkanes of at least 4 members (excludes halogenated alkanes) is 2. The molecule has 0 radical (unpaired) electrons. The highest BCUT2D eigenvalue weighted by molar-refractivity contribution is 5.91. The molecular weight excluding hydrogens is 476 g/mol. The van der Waals surface area contributed by atoms with Crippen molar-refractivity contribution in [2.45, 2.75) is 33.1 Å². The summed E-state index contributed by atoms with van der Waals surface area (Å²) in [7, 11) is 0. The lowest BCUT2D eigenvalue weighted by atomic mass is 10.1. The molecule has 4 nitrogen and oxygen atoms in total. The van der Waals surface area contributed by atoms with E-state index in [1.807, 2.05) is 13.8 Å². The topological polar surface area (TPSA) is 44.8 Å². The minimum atomic E-state index is -1.64. The van der Waals surface area contributed by atoms with E-state index < -0.39 is 40.6 Å². The van der Waals surface area contributed by atoms with Crippen LogP contribution in [0.2, 0.25) is 0 Å². The molecule has 3 aromatic rings. The summed E-state index contributed by atoms with van der Waals surface area (Å²) in [5.41, 5.74) is -0.592. The van der Waals surface area contributed by atoms with E-state index >= 15 is 0 Å². The lowest BCUT2D eigenvalue weighted by molar-refractivity contribution is 0.0734. The van der Waals surface area contributed by atoms with Crippen LogP contribution in [0.1, 0.15) is 54.6 Å². The first-order chi connectivity index (χ1) is 17.3. The van der Waals surface area contributed by atoms with E-state index in [1.165, 1.54) is 24.3 Å². The van der Waals surface area contributed by atoms with Gasteiger partial charge in [0.1, 0.15) is 17.1 Å². The Kier molecular flexibility index (Phi) is 9.34. The van der Waals surface area contributed by atoms with Gasteiger partial charge in [0.25, 0.3) is 0 Å². The van der Waals surface area contributed by atoms with Crippen LogP contribution in [-0.4, -0.2) is 19.2 Å². The molecule has 0 atom stereocenters. The van der Waals surface area contributed by atoms with Gasteiger partial charge in [0, 0.05) is 5.56 Å². The maximum atomic E-state index is 14.4. The van der Waals surface area contributed by atoms with Crippen molar-refractivity contribution in [2.75, 3.05) is 13.2 Å². The molecule has 36 heavy (non-hydrogen) atoms. The molecule has 0 fully saturated rings. The Bertz CT molecular complexity index is 1230. The number of carbonyl (C=O) groups is 1.